The van der Waals surface area contributed by atoms with E-state index >= 15 is 0 Å². The molecule has 38 heavy (non-hydrogen) atoms. The van der Waals surface area contributed by atoms with Gasteiger partial charge in [0, 0.05) is 13.1 Å². The number of hydrogen-bond acceptors (Lipinski definition) is 7. The summed E-state index contributed by atoms with van der Waals surface area (Å²) in [6.07, 6.45) is 27.1. The van der Waals surface area contributed by atoms with Gasteiger partial charge in [-0.25, -0.2) is 15.0 Å². The Morgan fingerprint density at radius 2 is 1.50 bits per heavy atom. The van der Waals surface area contributed by atoms with Gasteiger partial charge in [0.2, 0.25) is 7.37 Å². The number of nitrogens with zero attached hydrogens (tertiary/aromatic N) is 4. The summed E-state index contributed by atoms with van der Waals surface area (Å²) in [5.41, 5.74) is 7.08. The van der Waals surface area contributed by atoms with Crippen LogP contribution in [0.4, 0.5) is 5.82 Å². The first-order valence-electron chi connectivity index (χ1n) is 14.1. The first-order valence-corrected chi connectivity index (χ1v) is 16.4. The van der Waals surface area contributed by atoms with Gasteiger partial charge in [-0.3, -0.25) is 4.57 Å². The van der Waals surface area contributed by atoms with E-state index in [9.17, 15) is 4.57 Å². The smallest absolute Gasteiger partial charge is 0.225 e. The van der Waals surface area contributed by atoms with Crippen LogP contribution in [0, 0.1) is 12.3 Å². The van der Waals surface area contributed by atoms with Gasteiger partial charge in [-0.05, 0) is 19.8 Å². The fourth-order valence-electron chi connectivity index (χ4n) is 4.37. The van der Waals surface area contributed by atoms with E-state index in [1.165, 1.54) is 83.4 Å². The van der Waals surface area contributed by atoms with Gasteiger partial charge in [0.15, 0.2) is 11.5 Å². The second kappa shape index (κ2) is 20.0. The van der Waals surface area contributed by atoms with Crippen molar-refractivity contribution in [2.24, 2.45) is 0 Å². The monoisotopic (exact) mass is 551 g/mol. The number of terminal acetylenes is 1. The molecule has 10 heteroatoms. The van der Waals surface area contributed by atoms with E-state index in [4.69, 9.17) is 21.4 Å². The Labute approximate surface area is 230 Å². The maximum atomic E-state index is 12.7. The molecule has 0 amide bonds. The molecule has 6 N–H and O–H groups in total. The van der Waals surface area contributed by atoms with Crippen LogP contribution in [0.25, 0.3) is 11.2 Å². The number of fused-ring (bicyclic) bond motifs is 1. The van der Waals surface area contributed by atoms with E-state index < -0.39 is 7.37 Å². The molecule has 0 bridgehead atoms. The number of hydrogen-bond donors (Lipinski definition) is 2. The molecule has 0 saturated carbocycles. The molecule has 0 spiro atoms. The van der Waals surface area contributed by atoms with E-state index in [0.717, 1.165) is 19.3 Å². The standard InChI is InChI=1S/C28H48N5O3P.H3N/c1-4-5-6-7-8-9-10-11-12-13-14-15-16-17-18-19-20-36-37(3,34)24-35-25(2)21-33-23-32-26-27(29)30-22-31-28(26)33;/h1,22-23,25H,5-21,24H2,2-3H3,(H2,29,30,31);1H3/p+1/t25-,37?;/m1./s1. The summed E-state index contributed by atoms with van der Waals surface area (Å²) in [6, 6.07) is 0. The van der Waals surface area contributed by atoms with Gasteiger partial charge in [-0.15, -0.1) is 12.3 Å². The molecule has 0 fully saturated rings. The summed E-state index contributed by atoms with van der Waals surface area (Å²) in [6.45, 7) is 4.64. The summed E-state index contributed by atoms with van der Waals surface area (Å²) < 4.78 is 26.1. The van der Waals surface area contributed by atoms with Crippen LogP contribution in [0.1, 0.15) is 103 Å². The highest BCUT2D eigenvalue weighted by atomic mass is 31.2. The summed E-state index contributed by atoms with van der Waals surface area (Å²) in [7, 11) is -2.78. The van der Waals surface area contributed by atoms with Gasteiger partial charge in [-0.2, -0.15) is 0 Å². The van der Waals surface area contributed by atoms with Crippen molar-refractivity contribution in [1.82, 2.24) is 25.7 Å². The number of ether oxygens (including phenoxy) is 1. The molecule has 2 atom stereocenters. The van der Waals surface area contributed by atoms with E-state index in [0.29, 0.717) is 30.1 Å². The molecule has 0 aliphatic carbocycles. The zero-order chi connectivity index (χ0) is 26.8. The van der Waals surface area contributed by atoms with Gasteiger partial charge in [-0.1, -0.05) is 77.0 Å². The van der Waals surface area contributed by atoms with Crippen LogP contribution in [-0.2, 0) is 20.4 Å². The van der Waals surface area contributed by atoms with Crippen molar-refractivity contribution in [3.05, 3.63) is 12.7 Å². The molecule has 0 radical (unpaired) electrons. The molecule has 0 aromatic carbocycles. The topological polar surface area (TPSA) is 142 Å². The van der Waals surface area contributed by atoms with Crippen molar-refractivity contribution in [3.8, 4) is 12.3 Å². The number of anilines is 1. The van der Waals surface area contributed by atoms with Crippen molar-refractivity contribution in [3.63, 3.8) is 0 Å². The van der Waals surface area contributed by atoms with Gasteiger partial charge >= 0.3 is 0 Å². The lowest BCUT2D eigenvalue weighted by Gasteiger charge is -2.18. The molecule has 9 nitrogen and oxygen atoms in total. The number of quaternary nitrogens is 1. The third-order valence-electron chi connectivity index (χ3n) is 6.56. The Morgan fingerprint density at radius 1 is 0.947 bits per heavy atom. The maximum Gasteiger partial charge on any atom is 0.225 e. The van der Waals surface area contributed by atoms with Crippen LogP contribution in [-0.4, -0.2) is 45.2 Å². The summed E-state index contributed by atoms with van der Waals surface area (Å²) in [5, 5.41) is 0. The van der Waals surface area contributed by atoms with Crippen molar-refractivity contribution < 1.29 is 13.8 Å². The second-order valence-electron chi connectivity index (χ2n) is 10.2. The van der Waals surface area contributed by atoms with Gasteiger partial charge in [0.05, 0.1) is 25.6 Å². The van der Waals surface area contributed by atoms with E-state index in [2.05, 4.69) is 20.9 Å². The van der Waals surface area contributed by atoms with E-state index in [1.54, 1.807) is 13.0 Å². The van der Waals surface area contributed by atoms with Gasteiger partial charge in [0.25, 0.3) is 0 Å². The fourth-order valence-corrected chi connectivity index (χ4v) is 5.49. The Kier molecular flexibility index (Phi) is 17.9. The van der Waals surface area contributed by atoms with Crippen LogP contribution in [0.2, 0.25) is 0 Å². The van der Waals surface area contributed by atoms with Crippen LogP contribution in [0.15, 0.2) is 12.7 Å². The predicted octanol–water partition coefficient (Wildman–Crippen LogP) is 7.56. The highest BCUT2D eigenvalue weighted by Gasteiger charge is 2.19. The minimum atomic E-state index is -2.78. The van der Waals surface area contributed by atoms with Crippen molar-refractivity contribution >= 4 is 24.4 Å². The number of rotatable bonds is 22. The summed E-state index contributed by atoms with van der Waals surface area (Å²) in [4.78, 5) is 12.5. The predicted molar refractivity (Wildman–Crippen MR) is 159 cm³/mol. The average Bonchev–Trinajstić information content (AvgIpc) is 3.28. The van der Waals surface area contributed by atoms with Crippen molar-refractivity contribution in [2.45, 2.75) is 116 Å². The minimum Gasteiger partial charge on any atom is -0.382 e. The van der Waals surface area contributed by atoms with Gasteiger partial charge < -0.3 is 25.7 Å². The molecule has 0 aliphatic heterocycles. The lowest BCUT2D eigenvalue weighted by molar-refractivity contribution is 0.0799. The third-order valence-corrected chi connectivity index (χ3v) is 7.90. The maximum absolute atomic E-state index is 12.7. The zero-order valence-electron chi connectivity index (χ0n) is 24.1. The molecule has 2 aromatic rings. The lowest BCUT2D eigenvalue weighted by atomic mass is 10.0. The molecule has 1 unspecified atom stereocenters. The second-order valence-corrected chi connectivity index (χ2v) is 12.7. The number of imidazole rings is 1. The van der Waals surface area contributed by atoms with E-state index in [1.807, 2.05) is 11.5 Å². The number of nitrogen functional groups attached to an aromatic ring is 1. The lowest BCUT2D eigenvalue weighted by Crippen LogP contribution is -2.17. The molecular weight excluding hydrogens is 499 g/mol. The highest BCUT2D eigenvalue weighted by molar-refractivity contribution is 7.57. The normalized spacial score (nSPS) is 13.6. The van der Waals surface area contributed by atoms with Crippen molar-refractivity contribution in [1.29, 1.82) is 0 Å². The fraction of sp³-hybridized carbons (Fsp3) is 0.750. The van der Waals surface area contributed by atoms with Crippen LogP contribution in [0.3, 0.4) is 0 Å². The largest absolute Gasteiger partial charge is 0.382 e. The number of nitrogens with two attached hydrogens (primary N) is 1. The van der Waals surface area contributed by atoms with E-state index in [-0.39, 0.29) is 18.6 Å². The quantitative estimate of drug-likeness (QED) is 0.0873. The molecule has 0 saturated heterocycles. The third kappa shape index (κ3) is 14.2. The zero-order valence-corrected chi connectivity index (χ0v) is 25.0. The number of aromatic nitrogens is 4. The van der Waals surface area contributed by atoms with Gasteiger partial charge in [0.1, 0.15) is 18.2 Å². The number of unbranched alkanes of at least 4 members (excludes halogenated alkanes) is 14. The molecule has 2 heterocycles. The highest BCUT2D eigenvalue weighted by Crippen LogP contribution is 2.42. The molecule has 216 valence electrons. The SMILES string of the molecule is C#CCCCCCCCCCCCCCCCCOP(C)(=O)CO[C@H](C)Cn1cnc2c(N)ncnc21.[NH4+]. The molecular formula is C28H52N6O3P+. The Hall–Kier alpha value is -1.98. The first-order chi connectivity index (χ1) is 17.9. The molecule has 0 aliphatic rings. The summed E-state index contributed by atoms with van der Waals surface area (Å²) in [5.74, 6) is 3.07. The molecule has 2 rings (SSSR count). The van der Waals surface area contributed by atoms with Crippen LogP contribution in [0.5, 0.6) is 0 Å². The average molecular weight is 552 g/mol. The Bertz CT molecular complexity index is 977. The molecule has 2 aromatic heterocycles. The Morgan fingerprint density at radius 3 is 2.08 bits per heavy atom. The van der Waals surface area contributed by atoms with Crippen LogP contribution >= 0.6 is 7.37 Å². The summed E-state index contributed by atoms with van der Waals surface area (Å²) >= 11 is 0. The first kappa shape index (κ1) is 34.0. The minimum absolute atomic E-state index is 0. The Balaban J connectivity index is 0.00000722. The van der Waals surface area contributed by atoms with Crippen LogP contribution < -0.4 is 11.9 Å². The van der Waals surface area contributed by atoms with Crippen molar-refractivity contribution in [2.75, 3.05) is 25.4 Å².